The molecule has 0 amide bonds. The van der Waals surface area contributed by atoms with Gasteiger partial charge in [-0.2, -0.15) is 15.0 Å². The van der Waals surface area contributed by atoms with Crippen molar-refractivity contribution in [3.05, 3.63) is 30.3 Å². The molecular weight excluding hydrogens is 230 g/mol. The monoisotopic (exact) mass is 245 g/mol. The van der Waals surface area contributed by atoms with Gasteiger partial charge in [-0.25, -0.2) is 0 Å². The summed E-state index contributed by atoms with van der Waals surface area (Å²) >= 11 is 0. The molecule has 0 aliphatic rings. The first kappa shape index (κ1) is 12.1. The van der Waals surface area contributed by atoms with Crippen LogP contribution in [0.5, 0.6) is 6.01 Å². The van der Waals surface area contributed by atoms with E-state index in [9.17, 15) is 0 Å². The second-order valence-electron chi connectivity index (χ2n) is 3.60. The van der Waals surface area contributed by atoms with E-state index >= 15 is 0 Å². The predicted octanol–water partition coefficient (Wildman–Crippen LogP) is 1.62. The minimum absolute atomic E-state index is 0.145. The second kappa shape index (κ2) is 5.31. The van der Waals surface area contributed by atoms with Crippen LogP contribution >= 0.6 is 0 Å². The van der Waals surface area contributed by atoms with Gasteiger partial charge in [0.05, 0.1) is 6.61 Å². The maximum atomic E-state index is 5.64. The summed E-state index contributed by atoms with van der Waals surface area (Å²) in [7, 11) is 1.86. The van der Waals surface area contributed by atoms with Crippen LogP contribution in [0.3, 0.4) is 0 Å². The van der Waals surface area contributed by atoms with Crippen LogP contribution in [-0.2, 0) is 0 Å². The Morgan fingerprint density at radius 1 is 1.17 bits per heavy atom. The van der Waals surface area contributed by atoms with E-state index in [4.69, 9.17) is 10.5 Å². The Morgan fingerprint density at radius 3 is 2.56 bits per heavy atom. The fraction of sp³-hybridized carbons (Fsp3) is 0.250. The van der Waals surface area contributed by atoms with Crippen molar-refractivity contribution in [3.8, 4) is 6.01 Å². The number of nitrogens with two attached hydrogens (primary N) is 1. The normalized spacial score (nSPS) is 10.1. The number of hydrogen-bond acceptors (Lipinski definition) is 6. The van der Waals surface area contributed by atoms with Gasteiger partial charge >= 0.3 is 6.01 Å². The average molecular weight is 245 g/mol. The lowest BCUT2D eigenvalue weighted by molar-refractivity contribution is 0.312. The molecule has 1 aromatic carbocycles. The molecule has 0 fully saturated rings. The number of ether oxygens (including phenoxy) is 1. The zero-order chi connectivity index (χ0) is 13.0. The highest BCUT2D eigenvalue weighted by Crippen LogP contribution is 2.21. The van der Waals surface area contributed by atoms with Crippen molar-refractivity contribution in [1.82, 2.24) is 15.0 Å². The van der Waals surface area contributed by atoms with E-state index in [1.54, 1.807) is 0 Å². The standard InChI is InChI=1S/C12H15N5O/c1-3-18-12-15-10(13)14-11(16-12)17(2)9-7-5-4-6-8-9/h4-8H,3H2,1-2H3,(H2,13,14,15,16). The van der Waals surface area contributed by atoms with Gasteiger partial charge in [-0.1, -0.05) is 18.2 Å². The van der Waals surface area contributed by atoms with Crippen LogP contribution in [0.15, 0.2) is 30.3 Å². The maximum Gasteiger partial charge on any atom is 0.323 e. The molecule has 0 saturated heterocycles. The minimum atomic E-state index is 0.145. The maximum absolute atomic E-state index is 5.64. The van der Waals surface area contributed by atoms with Crippen molar-refractivity contribution in [2.24, 2.45) is 0 Å². The number of anilines is 3. The first-order chi connectivity index (χ1) is 8.70. The molecule has 0 aliphatic heterocycles. The molecule has 0 saturated carbocycles. The molecule has 0 spiro atoms. The van der Waals surface area contributed by atoms with Crippen molar-refractivity contribution >= 4 is 17.6 Å². The highest BCUT2D eigenvalue weighted by molar-refractivity contribution is 5.56. The Kier molecular flexibility index (Phi) is 3.57. The van der Waals surface area contributed by atoms with Crippen LogP contribution in [0, 0.1) is 0 Å². The fourth-order valence-corrected chi connectivity index (χ4v) is 1.47. The number of para-hydroxylation sites is 1. The lowest BCUT2D eigenvalue weighted by Crippen LogP contribution is -2.15. The Morgan fingerprint density at radius 2 is 1.89 bits per heavy atom. The molecule has 0 radical (unpaired) electrons. The number of aromatic nitrogens is 3. The van der Waals surface area contributed by atoms with Gasteiger partial charge in [-0.15, -0.1) is 0 Å². The van der Waals surface area contributed by atoms with E-state index in [0.717, 1.165) is 5.69 Å². The molecule has 0 aliphatic carbocycles. The first-order valence-electron chi connectivity index (χ1n) is 5.64. The van der Waals surface area contributed by atoms with Gasteiger partial charge in [0.2, 0.25) is 11.9 Å². The van der Waals surface area contributed by atoms with Gasteiger partial charge in [-0.05, 0) is 19.1 Å². The van der Waals surface area contributed by atoms with Gasteiger partial charge < -0.3 is 15.4 Å². The average Bonchev–Trinajstić information content (AvgIpc) is 2.38. The topological polar surface area (TPSA) is 77.2 Å². The molecule has 0 bridgehead atoms. The molecule has 2 rings (SSSR count). The van der Waals surface area contributed by atoms with Crippen LogP contribution in [0.4, 0.5) is 17.6 Å². The summed E-state index contributed by atoms with van der Waals surface area (Å²) in [4.78, 5) is 14.0. The Labute approximate surface area is 105 Å². The molecule has 1 heterocycles. The number of nitrogen functional groups attached to an aromatic ring is 1. The highest BCUT2D eigenvalue weighted by atomic mass is 16.5. The SMILES string of the molecule is CCOc1nc(N)nc(N(C)c2ccccc2)n1. The van der Waals surface area contributed by atoms with Crippen molar-refractivity contribution in [1.29, 1.82) is 0 Å². The Balaban J connectivity index is 2.33. The third-order valence-corrected chi connectivity index (χ3v) is 2.34. The first-order valence-corrected chi connectivity index (χ1v) is 5.64. The zero-order valence-corrected chi connectivity index (χ0v) is 10.4. The summed E-state index contributed by atoms with van der Waals surface area (Å²) in [5.74, 6) is 0.600. The van der Waals surface area contributed by atoms with Crippen LogP contribution < -0.4 is 15.4 Å². The van der Waals surface area contributed by atoms with Crippen molar-refractivity contribution in [2.45, 2.75) is 6.92 Å². The number of rotatable bonds is 4. The Hall–Kier alpha value is -2.37. The molecule has 6 heteroatoms. The van der Waals surface area contributed by atoms with Crippen molar-refractivity contribution < 1.29 is 4.74 Å². The van der Waals surface area contributed by atoms with Gasteiger partial charge in [-0.3, -0.25) is 0 Å². The van der Waals surface area contributed by atoms with Gasteiger partial charge in [0.15, 0.2) is 0 Å². The Bertz CT molecular complexity index is 517. The van der Waals surface area contributed by atoms with E-state index in [0.29, 0.717) is 12.6 Å². The molecule has 2 aromatic rings. The number of nitrogens with zero attached hydrogens (tertiary/aromatic N) is 4. The van der Waals surface area contributed by atoms with Crippen LogP contribution in [-0.4, -0.2) is 28.6 Å². The molecule has 0 atom stereocenters. The van der Waals surface area contributed by atoms with E-state index in [-0.39, 0.29) is 12.0 Å². The largest absolute Gasteiger partial charge is 0.464 e. The van der Waals surface area contributed by atoms with Gasteiger partial charge in [0.1, 0.15) is 0 Å². The summed E-state index contributed by atoms with van der Waals surface area (Å²) in [5, 5.41) is 0. The smallest absolute Gasteiger partial charge is 0.323 e. The summed E-state index contributed by atoms with van der Waals surface area (Å²) < 4.78 is 5.24. The van der Waals surface area contributed by atoms with Gasteiger partial charge in [0.25, 0.3) is 0 Å². The van der Waals surface area contributed by atoms with Crippen molar-refractivity contribution in [2.75, 3.05) is 24.3 Å². The van der Waals surface area contributed by atoms with Crippen LogP contribution in [0.2, 0.25) is 0 Å². The van der Waals surface area contributed by atoms with Crippen molar-refractivity contribution in [3.63, 3.8) is 0 Å². The number of benzene rings is 1. The quantitative estimate of drug-likeness (QED) is 0.882. The molecular formula is C12H15N5O. The fourth-order valence-electron chi connectivity index (χ4n) is 1.47. The third kappa shape index (κ3) is 2.65. The van der Waals surface area contributed by atoms with Crippen LogP contribution in [0.25, 0.3) is 0 Å². The number of hydrogen-bond donors (Lipinski definition) is 1. The minimum Gasteiger partial charge on any atom is -0.464 e. The highest BCUT2D eigenvalue weighted by Gasteiger charge is 2.10. The summed E-state index contributed by atoms with van der Waals surface area (Å²) in [6.07, 6.45) is 0. The molecule has 2 N–H and O–H groups in total. The van der Waals surface area contributed by atoms with E-state index in [1.807, 2.05) is 49.2 Å². The molecule has 6 nitrogen and oxygen atoms in total. The lowest BCUT2D eigenvalue weighted by atomic mass is 10.3. The summed E-state index contributed by atoms with van der Waals surface area (Å²) in [5.41, 5.74) is 6.60. The summed E-state index contributed by atoms with van der Waals surface area (Å²) in [6, 6.07) is 9.99. The molecule has 1 aromatic heterocycles. The van der Waals surface area contributed by atoms with Crippen LogP contribution in [0.1, 0.15) is 6.92 Å². The molecule has 18 heavy (non-hydrogen) atoms. The summed E-state index contributed by atoms with van der Waals surface area (Å²) in [6.45, 7) is 2.35. The lowest BCUT2D eigenvalue weighted by Gasteiger charge is -2.17. The van der Waals surface area contributed by atoms with E-state index < -0.39 is 0 Å². The molecule has 0 unspecified atom stereocenters. The second-order valence-corrected chi connectivity index (χ2v) is 3.60. The predicted molar refractivity (Wildman–Crippen MR) is 69.9 cm³/mol. The van der Waals surface area contributed by atoms with Gasteiger partial charge in [0, 0.05) is 12.7 Å². The van der Waals surface area contributed by atoms with E-state index in [2.05, 4.69) is 15.0 Å². The zero-order valence-electron chi connectivity index (χ0n) is 10.4. The molecule has 94 valence electrons. The third-order valence-electron chi connectivity index (χ3n) is 2.34. The van der Waals surface area contributed by atoms with E-state index in [1.165, 1.54) is 0 Å².